The van der Waals surface area contributed by atoms with Crippen LogP contribution in [0, 0.1) is 0 Å². The number of fused-ring (bicyclic) bond motifs is 1. The van der Waals surface area contributed by atoms with E-state index in [2.05, 4.69) is 9.88 Å². The fraction of sp³-hybridized carbons (Fsp3) is 0.429. The number of hydrogen-bond donors (Lipinski definition) is 1. The zero-order valence-electron chi connectivity index (χ0n) is 16.0. The molecule has 6 nitrogen and oxygen atoms in total. The van der Waals surface area contributed by atoms with Crippen molar-refractivity contribution in [3.63, 3.8) is 0 Å². The van der Waals surface area contributed by atoms with E-state index in [4.69, 9.17) is 11.6 Å². The van der Waals surface area contributed by atoms with E-state index in [1.54, 1.807) is 4.90 Å². The van der Waals surface area contributed by atoms with Crippen LogP contribution in [-0.4, -0.2) is 52.0 Å². The minimum absolute atomic E-state index is 0.0458. The van der Waals surface area contributed by atoms with Gasteiger partial charge in [-0.25, -0.2) is 4.79 Å². The molecule has 7 heteroatoms. The summed E-state index contributed by atoms with van der Waals surface area (Å²) in [5.41, 5.74) is 1.96. The standard InChI is InChI=1S/C21H25ClN4O2/c1-2-23-21(28)26(15-9-10-15)14-19(27)25-13-12-24-11-5-8-18(24)20(25)16-6-3-4-7-17(16)22/h3-8,11,15,20H,2,9-10,12-14H2,1H3,(H,23,28)/t20-/m1/s1. The number of nitrogens with one attached hydrogen (secondary N) is 1. The molecule has 0 saturated heterocycles. The molecular weight excluding hydrogens is 376 g/mol. The van der Waals surface area contributed by atoms with Gasteiger partial charge in [0.15, 0.2) is 0 Å². The van der Waals surface area contributed by atoms with E-state index >= 15 is 0 Å². The van der Waals surface area contributed by atoms with Gasteiger partial charge < -0.3 is 19.7 Å². The van der Waals surface area contributed by atoms with E-state index in [-0.39, 0.29) is 30.6 Å². The van der Waals surface area contributed by atoms with Gasteiger partial charge >= 0.3 is 6.03 Å². The lowest BCUT2D eigenvalue weighted by molar-refractivity contribution is -0.134. The molecule has 1 N–H and O–H groups in total. The minimum Gasteiger partial charge on any atom is -0.348 e. The minimum atomic E-state index is -0.250. The molecule has 1 aliphatic heterocycles. The molecule has 1 atom stereocenters. The average Bonchev–Trinajstić information content (AvgIpc) is 3.41. The predicted octanol–water partition coefficient (Wildman–Crippen LogP) is 3.27. The van der Waals surface area contributed by atoms with E-state index in [1.165, 1.54) is 0 Å². The van der Waals surface area contributed by atoms with Crippen LogP contribution in [0.25, 0.3) is 0 Å². The van der Waals surface area contributed by atoms with E-state index in [0.717, 1.165) is 30.6 Å². The molecule has 28 heavy (non-hydrogen) atoms. The van der Waals surface area contributed by atoms with Crippen LogP contribution in [0.15, 0.2) is 42.6 Å². The molecule has 2 aliphatic rings. The summed E-state index contributed by atoms with van der Waals surface area (Å²) in [6.07, 6.45) is 3.95. The van der Waals surface area contributed by atoms with Gasteiger partial charge in [-0.2, -0.15) is 0 Å². The second kappa shape index (κ2) is 7.87. The van der Waals surface area contributed by atoms with Crippen LogP contribution >= 0.6 is 11.6 Å². The van der Waals surface area contributed by atoms with Crippen molar-refractivity contribution in [1.82, 2.24) is 19.7 Å². The summed E-state index contributed by atoms with van der Waals surface area (Å²) in [5.74, 6) is -0.0458. The Morgan fingerprint density at radius 2 is 1.96 bits per heavy atom. The highest BCUT2D eigenvalue weighted by molar-refractivity contribution is 6.31. The lowest BCUT2D eigenvalue weighted by Gasteiger charge is -2.38. The molecule has 2 heterocycles. The quantitative estimate of drug-likeness (QED) is 0.837. The van der Waals surface area contributed by atoms with Crippen LogP contribution in [0.3, 0.4) is 0 Å². The van der Waals surface area contributed by atoms with Crippen molar-refractivity contribution >= 4 is 23.5 Å². The smallest absolute Gasteiger partial charge is 0.318 e. The van der Waals surface area contributed by atoms with Crippen LogP contribution in [0.1, 0.15) is 37.1 Å². The maximum Gasteiger partial charge on any atom is 0.318 e. The first-order valence-electron chi connectivity index (χ1n) is 9.83. The van der Waals surface area contributed by atoms with Gasteiger partial charge in [0.05, 0.1) is 6.04 Å². The summed E-state index contributed by atoms with van der Waals surface area (Å²) in [5, 5.41) is 3.47. The number of benzene rings is 1. The summed E-state index contributed by atoms with van der Waals surface area (Å²) in [4.78, 5) is 29.3. The van der Waals surface area contributed by atoms with Gasteiger partial charge in [0.2, 0.25) is 5.91 Å². The third-order valence-corrected chi connectivity index (χ3v) is 5.78. The van der Waals surface area contributed by atoms with Crippen LogP contribution in [0.4, 0.5) is 4.79 Å². The van der Waals surface area contributed by atoms with E-state index < -0.39 is 0 Å². The van der Waals surface area contributed by atoms with Gasteiger partial charge in [0, 0.05) is 42.6 Å². The van der Waals surface area contributed by atoms with Crippen molar-refractivity contribution in [2.75, 3.05) is 19.6 Å². The van der Waals surface area contributed by atoms with Crippen molar-refractivity contribution in [3.05, 3.63) is 58.9 Å². The Bertz CT molecular complexity index is 877. The fourth-order valence-corrected chi connectivity index (χ4v) is 4.16. The summed E-state index contributed by atoms with van der Waals surface area (Å²) < 4.78 is 2.17. The maximum absolute atomic E-state index is 13.3. The van der Waals surface area contributed by atoms with Crippen molar-refractivity contribution < 1.29 is 9.59 Å². The normalized spacial score (nSPS) is 18.5. The SMILES string of the molecule is CCNC(=O)N(CC(=O)N1CCn2cccc2[C@H]1c1ccccc1Cl)C1CC1. The third kappa shape index (κ3) is 3.61. The molecule has 0 unspecified atom stereocenters. The van der Waals surface area contributed by atoms with Crippen LogP contribution in [0.5, 0.6) is 0 Å². The number of carbonyl (C=O) groups is 2. The average molecular weight is 401 g/mol. The summed E-state index contributed by atoms with van der Waals surface area (Å²) in [7, 11) is 0. The number of rotatable bonds is 5. The number of halogens is 1. The van der Waals surface area contributed by atoms with Gasteiger partial charge in [-0.3, -0.25) is 4.79 Å². The monoisotopic (exact) mass is 400 g/mol. The van der Waals surface area contributed by atoms with Crippen LogP contribution in [0.2, 0.25) is 5.02 Å². The predicted molar refractivity (Wildman–Crippen MR) is 108 cm³/mol. The molecule has 1 fully saturated rings. The van der Waals surface area contributed by atoms with Crippen molar-refractivity contribution in [1.29, 1.82) is 0 Å². The Balaban J connectivity index is 1.62. The highest BCUT2D eigenvalue weighted by atomic mass is 35.5. The number of hydrogen-bond acceptors (Lipinski definition) is 2. The Morgan fingerprint density at radius 1 is 1.18 bits per heavy atom. The van der Waals surface area contributed by atoms with Crippen LogP contribution in [-0.2, 0) is 11.3 Å². The van der Waals surface area contributed by atoms with E-state index in [0.29, 0.717) is 18.1 Å². The molecular formula is C21H25ClN4O2. The summed E-state index contributed by atoms with van der Waals surface area (Å²) in [6, 6.07) is 11.5. The van der Waals surface area contributed by atoms with E-state index in [1.807, 2.05) is 54.4 Å². The van der Waals surface area contributed by atoms with Crippen molar-refractivity contribution in [2.45, 2.75) is 38.4 Å². The topological polar surface area (TPSA) is 57.6 Å². The first-order chi connectivity index (χ1) is 13.6. The third-order valence-electron chi connectivity index (χ3n) is 5.44. The van der Waals surface area contributed by atoms with Gasteiger partial charge in [-0.15, -0.1) is 0 Å². The number of amides is 3. The Kier molecular flexibility index (Phi) is 5.31. The molecule has 4 rings (SSSR count). The number of carbonyl (C=O) groups excluding carboxylic acids is 2. The molecule has 1 saturated carbocycles. The molecule has 3 amide bonds. The molecule has 0 bridgehead atoms. The highest BCUT2D eigenvalue weighted by Gasteiger charge is 2.38. The van der Waals surface area contributed by atoms with Gasteiger partial charge in [-0.05, 0) is 43.5 Å². The van der Waals surface area contributed by atoms with Crippen molar-refractivity contribution in [2.24, 2.45) is 0 Å². The maximum atomic E-state index is 13.3. The first kappa shape index (κ1) is 18.9. The molecule has 1 aliphatic carbocycles. The lowest BCUT2D eigenvalue weighted by Crippen LogP contribution is -2.50. The lowest BCUT2D eigenvalue weighted by atomic mass is 9.99. The number of urea groups is 1. The largest absolute Gasteiger partial charge is 0.348 e. The van der Waals surface area contributed by atoms with Gasteiger partial charge in [-0.1, -0.05) is 29.8 Å². The zero-order valence-corrected chi connectivity index (χ0v) is 16.7. The number of nitrogens with zero attached hydrogens (tertiary/aromatic N) is 3. The first-order valence-corrected chi connectivity index (χ1v) is 10.2. The molecule has 0 spiro atoms. The van der Waals surface area contributed by atoms with E-state index in [9.17, 15) is 9.59 Å². The number of aromatic nitrogens is 1. The molecule has 148 valence electrons. The Hall–Kier alpha value is -2.47. The molecule has 0 radical (unpaired) electrons. The Labute approximate surface area is 170 Å². The Morgan fingerprint density at radius 3 is 2.68 bits per heavy atom. The van der Waals surface area contributed by atoms with Gasteiger partial charge in [0.1, 0.15) is 6.54 Å². The summed E-state index contributed by atoms with van der Waals surface area (Å²) in [6.45, 7) is 3.86. The van der Waals surface area contributed by atoms with Crippen LogP contribution < -0.4 is 5.32 Å². The van der Waals surface area contributed by atoms with Crippen molar-refractivity contribution in [3.8, 4) is 0 Å². The second-order valence-corrected chi connectivity index (χ2v) is 7.74. The molecule has 1 aromatic heterocycles. The molecule has 1 aromatic carbocycles. The summed E-state index contributed by atoms with van der Waals surface area (Å²) >= 11 is 6.50. The van der Waals surface area contributed by atoms with Gasteiger partial charge in [0.25, 0.3) is 0 Å². The molecule has 2 aromatic rings. The fourth-order valence-electron chi connectivity index (χ4n) is 3.92. The second-order valence-electron chi connectivity index (χ2n) is 7.33. The highest BCUT2D eigenvalue weighted by Crippen LogP contribution is 2.36. The zero-order chi connectivity index (χ0) is 19.7.